The number of imide groups is 1. The molecule has 3 rings (SSSR count). The topological polar surface area (TPSA) is 115 Å². The Morgan fingerprint density at radius 2 is 2.00 bits per heavy atom. The summed E-state index contributed by atoms with van der Waals surface area (Å²) in [6.45, 7) is 2.94. The monoisotopic (exact) mass is 416 g/mol. The number of fused-ring (bicyclic) bond motifs is 1. The third-order valence-electron chi connectivity index (χ3n) is 5.09. The van der Waals surface area contributed by atoms with E-state index in [1.807, 2.05) is 6.92 Å². The van der Waals surface area contributed by atoms with Crippen LogP contribution in [0.5, 0.6) is 5.75 Å². The second-order valence-corrected chi connectivity index (χ2v) is 7.37. The highest BCUT2D eigenvalue weighted by atomic mass is 16.5. The first kappa shape index (κ1) is 21.4. The number of nitrogens with zero attached hydrogens (tertiary/aromatic N) is 1. The van der Waals surface area contributed by atoms with Crippen LogP contribution in [0, 0.1) is 0 Å². The second kappa shape index (κ2) is 8.56. The average molecular weight is 416 g/mol. The van der Waals surface area contributed by atoms with Gasteiger partial charge in [-0.05, 0) is 25.5 Å². The van der Waals surface area contributed by atoms with Gasteiger partial charge in [0.25, 0.3) is 5.91 Å². The molecule has 30 heavy (non-hydrogen) atoms. The first-order valence-corrected chi connectivity index (χ1v) is 9.68. The average Bonchev–Trinajstić information content (AvgIpc) is 2.93. The Hall–Kier alpha value is -3.36. The molecule has 2 heterocycles. The largest absolute Gasteiger partial charge is 0.497 e. The molecule has 0 aliphatic carbocycles. The van der Waals surface area contributed by atoms with Crippen LogP contribution < -0.4 is 15.7 Å². The number of nitrogens with one attached hydrogen (secondary N) is 1. The van der Waals surface area contributed by atoms with E-state index < -0.39 is 35.6 Å². The molecule has 1 aliphatic heterocycles. The van der Waals surface area contributed by atoms with Gasteiger partial charge in [0.05, 0.1) is 7.11 Å². The van der Waals surface area contributed by atoms with E-state index in [2.05, 4.69) is 5.32 Å². The Kier molecular flexibility index (Phi) is 6.09. The number of carbonyl (C=O) groups excluding carboxylic acids is 3. The van der Waals surface area contributed by atoms with Crippen LogP contribution in [-0.4, -0.2) is 42.0 Å². The molecule has 1 aliphatic rings. The van der Waals surface area contributed by atoms with E-state index >= 15 is 0 Å². The van der Waals surface area contributed by atoms with Crippen molar-refractivity contribution in [1.29, 1.82) is 0 Å². The summed E-state index contributed by atoms with van der Waals surface area (Å²) >= 11 is 0. The van der Waals surface area contributed by atoms with Crippen LogP contribution >= 0.6 is 0 Å². The maximum atomic E-state index is 12.6. The van der Waals surface area contributed by atoms with Gasteiger partial charge >= 0.3 is 17.6 Å². The van der Waals surface area contributed by atoms with Gasteiger partial charge in [0.15, 0.2) is 0 Å². The summed E-state index contributed by atoms with van der Waals surface area (Å²) in [4.78, 5) is 49.7. The van der Waals surface area contributed by atoms with Crippen molar-refractivity contribution in [2.75, 3.05) is 13.7 Å². The molecule has 1 aromatic carbocycles. The summed E-state index contributed by atoms with van der Waals surface area (Å²) < 4.78 is 15.5. The molecular weight excluding hydrogens is 392 g/mol. The molecule has 9 heteroatoms. The summed E-state index contributed by atoms with van der Waals surface area (Å²) in [7, 11) is 1.49. The standard InChI is InChI=1S/C21H24N2O7/c1-4-5-8-21(2)19(26)23(20(27)22-21)11-18(25)29-12-13-9-17(24)30-16-10-14(28-3)6-7-15(13)16/h6-7,9-10H,4-5,8,11-12H2,1-3H3,(H,22,27)/t21-/m1/s1. The van der Waals surface area contributed by atoms with Gasteiger partial charge in [-0.25, -0.2) is 9.59 Å². The fourth-order valence-electron chi connectivity index (χ4n) is 3.38. The number of amides is 3. The number of rotatable bonds is 8. The molecule has 0 unspecified atom stereocenters. The normalized spacial score (nSPS) is 18.6. The fourth-order valence-corrected chi connectivity index (χ4v) is 3.38. The summed E-state index contributed by atoms with van der Waals surface area (Å²) in [6.07, 6.45) is 2.15. The molecule has 1 saturated heterocycles. The third-order valence-corrected chi connectivity index (χ3v) is 5.09. The van der Waals surface area contributed by atoms with E-state index in [0.717, 1.165) is 17.7 Å². The van der Waals surface area contributed by atoms with Crippen LogP contribution in [0.25, 0.3) is 11.0 Å². The van der Waals surface area contributed by atoms with Crippen molar-refractivity contribution < 1.29 is 28.3 Å². The maximum Gasteiger partial charge on any atom is 0.336 e. The van der Waals surface area contributed by atoms with Gasteiger partial charge in [-0.15, -0.1) is 0 Å². The molecule has 0 spiro atoms. The molecule has 2 aromatic rings. The molecular formula is C21H24N2O7. The maximum absolute atomic E-state index is 12.6. The first-order chi connectivity index (χ1) is 14.3. The van der Waals surface area contributed by atoms with Crippen molar-refractivity contribution in [3.05, 3.63) is 40.2 Å². The number of unbranched alkanes of at least 4 members (excludes halogenated alkanes) is 1. The van der Waals surface area contributed by atoms with E-state index in [9.17, 15) is 19.2 Å². The lowest BCUT2D eigenvalue weighted by Crippen LogP contribution is -2.44. The van der Waals surface area contributed by atoms with E-state index in [1.165, 1.54) is 13.2 Å². The molecule has 0 bridgehead atoms. The van der Waals surface area contributed by atoms with Gasteiger partial charge in [-0.2, -0.15) is 0 Å². The first-order valence-electron chi connectivity index (χ1n) is 9.68. The lowest BCUT2D eigenvalue weighted by atomic mass is 9.95. The molecule has 0 saturated carbocycles. The predicted octanol–water partition coefficient (Wildman–Crippen LogP) is 2.35. The Bertz CT molecular complexity index is 1050. The van der Waals surface area contributed by atoms with Gasteiger partial charge in [0.1, 0.15) is 30.0 Å². The highest BCUT2D eigenvalue weighted by Crippen LogP contribution is 2.24. The zero-order chi connectivity index (χ0) is 21.9. The lowest BCUT2D eigenvalue weighted by molar-refractivity contribution is -0.148. The Morgan fingerprint density at radius 3 is 2.70 bits per heavy atom. The number of methoxy groups -OCH3 is 1. The van der Waals surface area contributed by atoms with Crippen molar-refractivity contribution in [3.8, 4) is 5.75 Å². The summed E-state index contributed by atoms with van der Waals surface area (Å²) in [5, 5.41) is 3.24. The smallest absolute Gasteiger partial charge is 0.336 e. The van der Waals surface area contributed by atoms with Gasteiger partial charge in [-0.3, -0.25) is 14.5 Å². The number of ether oxygens (including phenoxy) is 2. The van der Waals surface area contributed by atoms with E-state index in [0.29, 0.717) is 28.7 Å². The van der Waals surface area contributed by atoms with E-state index in [1.54, 1.807) is 25.1 Å². The highest BCUT2D eigenvalue weighted by Gasteiger charge is 2.47. The number of carbonyl (C=O) groups is 3. The van der Waals surface area contributed by atoms with E-state index in [4.69, 9.17) is 13.9 Å². The number of urea groups is 1. The summed E-state index contributed by atoms with van der Waals surface area (Å²) in [5.74, 6) is -0.687. The molecule has 0 radical (unpaired) electrons. The molecule has 160 valence electrons. The van der Waals surface area contributed by atoms with Crippen LogP contribution in [0.15, 0.2) is 33.5 Å². The fraction of sp³-hybridized carbons (Fsp3) is 0.429. The van der Waals surface area contributed by atoms with Crippen molar-refractivity contribution in [1.82, 2.24) is 10.2 Å². The van der Waals surface area contributed by atoms with Gasteiger partial charge in [0.2, 0.25) is 0 Å². The van der Waals surface area contributed by atoms with Crippen LogP contribution in [0.2, 0.25) is 0 Å². The highest BCUT2D eigenvalue weighted by molar-refractivity contribution is 6.08. The number of hydrogen-bond donors (Lipinski definition) is 1. The summed E-state index contributed by atoms with van der Waals surface area (Å²) in [5.41, 5.74) is -0.861. The molecule has 3 amide bonds. The zero-order valence-electron chi connectivity index (χ0n) is 17.1. The third kappa shape index (κ3) is 4.29. The van der Waals surface area contributed by atoms with Crippen LogP contribution in [0.3, 0.4) is 0 Å². The number of esters is 1. The second-order valence-electron chi connectivity index (χ2n) is 7.37. The van der Waals surface area contributed by atoms with Crippen LogP contribution in [0.1, 0.15) is 38.7 Å². The Labute approximate surface area is 172 Å². The van der Waals surface area contributed by atoms with Gasteiger partial charge in [0, 0.05) is 23.1 Å². The van der Waals surface area contributed by atoms with Crippen LogP contribution in [0.4, 0.5) is 4.79 Å². The minimum atomic E-state index is -1.01. The van der Waals surface area contributed by atoms with Crippen molar-refractivity contribution in [3.63, 3.8) is 0 Å². The predicted molar refractivity (Wildman–Crippen MR) is 107 cm³/mol. The Balaban J connectivity index is 1.69. The molecule has 1 atom stereocenters. The molecule has 1 N–H and O–H groups in total. The Morgan fingerprint density at radius 1 is 1.23 bits per heavy atom. The zero-order valence-corrected chi connectivity index (χ0v) is 17.1. The van der Waals surface area contributed by atoms with Gasteiger partial charge in [-0.1, -0.05) is 19.8 Å². The minimum absolute atomic E-state index is 0.204. The lowest BCUT2D eigenvalue weighted by Gasteiger charge is -2.21. The molecule has 1 aromatic heterocycles. The van der Waals surface area contributed by atoms with Crippen LogP contribution in [-0.2, 0) is 20.9 Å². The number of hydrogen-bond acceptors (Lipinski definition) is 7. The summed E-state index contributed by atoms with van der Waals surface area (Å²) in [6, 6.07) is 5.56. The van der Waals surface area contributed by atoms with Crippen molar-refractivity contribution in [2.24, 2.45) is 0 Å². The number of benzene rings is 1. The minimum Gasteiger partial charge on any atom is -0.497 e. The van der Waals surface area contributed by atoms with Gasteiger partial charge < -0.3 is 19.2 Å². The van der Waals surface area contributed by atoms with Crippen molar-refractivity contribution >= 4 is 28.9 Å². The molecule has 9 nitrogen and oxygen atoms in total. The van der Waals surface area contributed by atoms with Crippen molar-refractivity contribution in [2.45, 2.75) is 45.3 Å². The molecule has 1 fully saturated rings. The quantitative estimate of drug-likeness (QED) is 0.399. The SMILES string of the molecule is CCCC[C@@]1(C)NC(=O)N(CC(=O)OCc2cc(=O)oc3cc(OC)ccc23)C1=O. The van der Waals surface area contributed by atoms with E-state index in [-0.39, 0.29) is 6.61 Å².